The summed E-state index contributed by atoms with van der Waals surface area (Å²) in [5.74, 6) is 0.367. The molecule has 2 amide bonds. The standard InChI is InChI=1S/C24H31ClN2O2/c1-18(2)15-16-26-24(29)19(3)27(17-21-9-12-22(25)13-10-21)23(28)14-11-20-7-5-4-6-8-20/h4-10,12-13,18-19H,11,14-17H2,1-3H3,(H,26,29)/t19-/m0/s1. The van der Waals surface area contributed by atoms with Crippen LogP contribution in [0.15, 0.2) is 54.6 Å². The van der Waals surface area contributed by atoms with Crippen LogP contribution in [0.5, 0.6) is 0 Å². The fraction of sp³-hybridized carbons (Fsp3) is 0.417. The minimum Gasteiger partial charge on any atom is -0.354 e. The number of aryl methyl sites for hydroxylation is 1. The van der Waals surface area contributed by atoms with Crippen molar-refractivity contribution in [3.05, 3.63) is 70.7 Å². The SMILES string of the molecule is CC(C)CCNC(=O)[C@H](C)N(Cc1ccc(Cl)cc1)C(=O)CCc1ccccc1. The lowest BCUT2D eigenvalue weighted by atomic mass is 10.1. The Morgan fingerprint density at radius 1 is 0.966 bits per heavy atom. The van der Waals surface area contributed by atoms with Crippen molar-refractivity contribution in [2.45, 2.75) is 52.6 Å². The van der Waals surface area contributed by atoms with Crippen LogP contribution in [-0.4, -0.2) is 29.3 Å². The van der Waals surface area contributed by atoms with E-state index in [0.717, 1.165) is 17.5 Å². The largest absolute Gasteiger partial charge is 0.354 e. The molecule has 2 aromatic rings. The number of hydrogen-bond acceptors (Lipinski definition) is 2. The predicted octanol–water partition coefficient (Wildman–Crippen LogP) is 4.85. The summed E-state index contributed by atoms with van der Waals surface area (Å²) in [7, 11) is 0. The highest BCUT2D eigenvalue weighted by Gasteiger charge is 2.25. The first kappa shape index (κ1) is 23.0. The third kappa shape index (κ3) is 7.90. The van der Waals surface area contributed by atoms with Gasteiger partial charge in [0.25, 0.3) is 0 Å². The van der Waals surface area contributed by atoms with E-state index in [4.69, 9.17) is 11.6 Å². The molecule has 1 atom stereocenters. The van der Waals surface area contributed by atoms with Gasteiger partial charge in [-0.2, -0.15) is 0 Å². The molecule has 156 valence electrons. The van der Waals surface area contributed by atoms with E-state index < -0.39 is 6.04 Å². The van der Waals surface area contributed by atoms with Gasteiger partial charge in [0, 0.05) is 24.5 Å². The van der Waals surface area contributed by atoms with Crippen molar-refractivity contribution >= 4 is 23.4 Å². The highest BCUT2D eigenvalue weighted by Crippen LogP contribution is 2.15. The van der Waals surface area contributed by atoms with Gasteiger partial charge in [-0.05, 0) is 48.9 Å². The minimum atomic E-state index is -0.541. The summed E-state index contributed by atoms with van der Waals surface area (Å²) in [6.07, 6.45) is 1.93. The number of carbonyl (C=O) groups excluding carboxylic acids is 2. The van der Waals surface area contributed by atoms with Gasteiger partial charge in [-0.15, -0.1) is 0 Å². The average molecular weight is 415 g/mol. The summed E-state index contributed by atoms with van der Waals surface area (Å²) < 4.78 is 0. The summed E-state index contributed by atoms with van der Waals surface area (Å²) in [6, 6.07) is 16.8. The summed E-state index contributed by atoms with van der Waals surface area (Å²) in [4.78, 5) is 27.4. The van der Waals surface area contributed by atoms with E-state index in [-0.39, 0.29) is 11.8 Å². The van der Waals surface area contributed by atoms with E-state index in [0.29, 0.717) is 36.9 Å². The molecular weight excluding hydrogens is 384 g/mol. The van der Waals surface area contributed by atoms with Crippen LogP contribution in [0.4, 0.5) is 0 Å². The van der Waals surface area contributed by atoms with Crippen LogP contribution < -0.4 is 5.32 Å². The Morgan fingerprint density at radius 3 is 2.24 bits per heavy atom. The molecule has 0 aromatic heterocycles. The number of rotatable bonds is 10. The third-order valence-electron chi connectivity index (χ3n) is 4.92. The van der Waals surface area contributed by atoms with Gasteiger partial charge in [-0.1, -0.05) is 67.9 Å². The van der Waals surface area contributed by atoms with Crippen molar-refractivity contribution < 1.29 is 9.59 Å². The van der Waals surface area contributed by atoms with E-state index in [9.17, 15) is 9.59 Å². The normalized spacial score (nSPS) is 11.9. The van der Waals surface area contributed by atoms with E-state index >= 15 is 0 Å². The van der Waals surface area contributed by atoms with Crippen LogP contribution in [0, 0.1) is 5.92 Å². The molecule has 2 rings (SSSR count). The maximum atomic E-state index is 13.0. The zero-order chi connectivity index (χ0) is 21.2. The fourth-order valence-electron chi connectivity index (χ4n) is 3.04. The number of hydrogen-bond donors (Lipinski definition) is 1. The second kappa shape index (κ2) is 11.6. The molecule has 0 unspecified atom stereocenters. The molecule has 0 aliphatic heterocycles. The first-order valence-corrected chi connectivity index (χ1v) is 10.6. The van der Waals surface area contributed by atoms with Crippen molar-refractivity contribution in [1.82, 2.24) is 10.2 Å². The lowest BCUT2D eigenvalue weighted by Gasteiger charge is -2.29. The van der Waals surface area contributed by atoms with Crippen LogP contribution in [0.1, 0.15) is 44.7 Å². The molecule has 0 saturated heterocycles. The Bertz CT molecular complexity index is 775. The summed E-state index contributed by atoms with van der Waals surface area (Å²) >= 11 is 5.98. The van der Waals surface area contributed by atoms with E-state index in [1.807, 2.05) is 42.5 Å². The predicted molar refractivity (Wildman–Crippen MR) is 119 cm³/mol. The van der Waals surface area contributed by atoms with Crippen LogP contribution in [0.25, 0.3) is 0 Å². The number of nitrogens with zero attached hydrogens (tertiary/aromatic N) is 1. The molecule has 0 heterocycles. The second-order valence-electron chi connectivity index (χ2n) is 7.78. The van der Waals surface area contributed by atoms with Crippen molar-refractivity contribution in [2.75, 3.05) is 6.54 Å². The second-order valence-corrected chi connectivity index (χ2v) is 8.22. The molecule has 0 aliphatic rings. The molecule has 5 heteroatoms. The topological polar surface area (TPSA) is 49.4 Å². The first-order valence-electron chi connectivity index (χ1n) is 10.2. The zero-order valence-electron chi connectivity index (χ0n) is 17.5. The van der Waals surface area contributed by atoms with Crippen molar-refractivity contribution in [3.8, 4) is 0 Å². The smallest absolute Gasteiger partial charge is 0.242 e. The van der Waals surface area contributed by atoms with Gasteiger partial charge in [0.05, 0.1) is 0 Å². The van der Waals surface area contributed by atoms with Gasteiger partial charge >= 0.3 is 0 Å². The molecule has 4 nitrogen and oxygen atoms in total. The maximum Gasteiger partial charge on any atom is 0.242 e. The molecule has 0 saturated carbocycles. The lowest BCUT2D eigenvalue weighted by molar-refractivity contribution is -0.140. The van der Waals surface area contributed by atoms with E-state index in [2.05, 4.69) is 19.2 Å². The fourth-order valence-corrected chi connectivity index (χ4v) is 3.17. The Hall–Kier alpha value is -2.33. The lowest BCUT2D eigenvalue weighted by Crippen LogP contribution is -2.48. The van der Waals surface area contributed by atoms with Gasteiger partial charge in [0.15, 0.2) is 0 Å². The van der Waals surface area contributed by atoms with Crippen LogP contribution in [-0.2, 0) is 22.6 Å². The van der Waals surface area contributed by atoms with Crippen molar-refractivity contribution in [2.24, 2.45) is 5.92 Å². The molecule has 0 spiro atoms. The number of amides is 2. The van der Waals surface area contributed by atoms with Crippen LogP contribution in [0.3, 0.4) is 0 Å². The number of nitrogens with one attached hydrogen (secondary N) is 1. The molecule has 0 radical (unpaired) electrons. The number of benzene rings is 2. The average Bonchev–Trinajstić information content (AvgIpc) is 2.71. The van der Waals surface area contributed by atoms with E-state index in [1.54, 1.807) is 24.0 Å². The zero-order valence-corrected chi connectivity index (χ0v) is 18.3. The summed E-state index contributed by atoms with van der Waals surface area (Å²) in [5.41, 5.74) is 2.06. The molecule has 1 N–H and O–H groups in total. The molecule has 0 aliphatic carbocycles. The molecular formula is C24H31ClN2O2. The van der Waals surface area contributed by atoms with Crippen molar-refractivity contribution in [3.63, 3.8) is 0 Å². The molecule has 2 aromatic carbocycles. The summed E-state index contributed by atoms with van der Waals surface area (Å²) in [6.45, 7) is 7.03. The highest BCUT2D eigenvalue weighted by molar-refractivity contribution is 6.30. The maximum absolute atomic E-state index is 13.0. The quantitative estimate of drug-likeness (QED) is 0.604. The molecule has 0 fully saturated rings. The summed E-state index contributed by atoms with van der Waals surface area (Å²) in [5, 5.41) is 3.61. The van der Waals surface area contributed by atoms with Crippen molar-refractivity contribution in [1.29, 1.82) is 0 Å². The van der Waals surface area contributed by atoms with Gasteiger partial charge in [-0.25, -0.2) is 0 Å². The van der Waals surface area contributed by atoms with Crippen LogP contribution in [0.2, 0.25) is 5.02 Å². The highest BCUT2D eigenvalue weighted by atomic mass is 35.5. The Kier molecular flexibility index (Phi) is 9.20. The minimum absolute atomic E-state index is 0.0321. The van der Waals surface area contributed by atoms with Gasteiger partial charge in [-0.3, -0.25) is 9.59 Å². The monoisotopic (exact) mass is 414 g/mol. The Morgan fingerprint density at radius 2 is 1.62 bits per heavy atom. The Balaban J connectivity index is 2.07. The number of halogens is 1. The number of carbonyl (C=O) groups is 2. The van der Waals surface area contributed by atoms with Gasteiger partial charge < -0.3 is 10.2 Å². The molecule has 29 heavy (non-hydrogen) atoms. The van der Waals surface area contributed by atoms with Crippen LogP contribution >= 0.6 is 11.6 Å². The van der Waals surface area contributed by atoms with Gasteiger partial charge in [0.1, 0.15) is 6.04 Å². The first-order chi connectivity index (χ1) is 13.9. The van der Waals surface area contributed by atoms with E-state index in [1.165, 1.54) is 0 Å². The Labute approximate surface area is 179 Å². The third-order valence-corrected chi connectivity index (χ3v) is 5.18. The molecule has 0 bridgehead atoms. The van der Waals surface area contributed by atoms with Gasteiger partial charge in [0.2, 0.25) is 11.8 Å².